The summed E-state index contributed by atoms with van der Waals surface area (Å²) in [6.07, 6.45) is 3.80. The van der Waals surface area contributed by atoms with E-state index in [4.69, 9.17) is 0 Å². The Morgan fingerprint density at radius 2 is 1.57 bits per heavy atom. The highest BCUT2D eigenvalue weighted by Gasteiger charge is 2.47. The van der Waals surface area contributed by atoms with E-state index >= 15 is 0 Å². The van der Waals surface area contributed by atoms with E-state index in [1.165, 1.54) is 43.8 Å². The molecule has 0 unspecified atom stereocenters. The molecular formula is C38H37N2O2+. The summed E-state index contributed by atoms with van der Waals surface area (Å²) in [6.45, 7) is 13.1. The Bertz CT molecular complexity index is 2050. The molecule has 0 atom stereocenters. The number of Topliss-reactive ketones (excluding diaryl/α,β-unsaturated/α-hetero) is 1. The second-order valence-electron chi connectivity index (χ2n) is 13.2. The van der Waals surface area contributed by atoms with Crippen molar-refractivity contribution in [1.29, 1.82) is 0 Å². The van der Waals surface area contributed by atoms with Gasteiger partial charge in [-0.05, 0) is 78.6 Å². The normalized spacial score (nSPS) is 20.8. The predicted octanol–water partition coefficient (Wildman–Crippen LogP) is 8.25. The van der Waals surface area contributed by atoms with Crippen molar-refractivity contribution in [3.63, 3.8) is 0 Å². The molecule has 7 rings (SSSR count). The van der Waals surface area contributed by atoms with Crippen LogP contribution < -0.4 is 4.90 Å². The van der Waals surface area contributed by atoms with Crippen LogP contribution in [0.3, 0.4) is 0 Å². The first-order valence-electron chi connectivity index (χ1n) is 14.7. The number of ketones is 1. The van der Waals surface area contributed by atoms with Crippen LogP contribution in [-0.2, 0) is 15.6 Å². The second-order valence-corrected chi connectivity index (χ2v) is 13.2. The van der Waals surface area contributed by atoms with E-state index in [0.29, 0.717) is 11.1 Å². The van der Waals surface area contributed by atoms with E-state index < -0.39 is 0 Å². The number of fused-ring (bicyclic) bond motifs is 6. The third kappa shape index (κ3) is 3.35. The van der Waals surface area contributed by atoms with Crippen LogP contribution in [0.1, 0.15) is 49.9 Å². The third-order valence-corrected chi connectivity index (χ3v) is 9.95. The molecule has 0 bridgehead atoms. The molecule has 2 aliphatic heterocycles. The lowest BCUT2D eigenvalue weighted by Gasteiger charge is -2.27. The number of anilines is 1. The smallest absolute Gasteiger partial charge is 0.210 e. The van der Waals surface area contributed by atoms with Crippen LogP contribution in [-0.4, -0.2) is 35.3 Å². The van der Waals surface area contributed by atoms with Crippen molar-refractivity contribution in [2.45, 2.75) is 52.4 Å². The van der Waals surface area contributed by atoms with Gasteiger partial charge in [0, 0.05) is 41.6 Å². The molecule has 0 spiro atoms. The molecule has 0 fully saturated rings. The molecule has 1 N–H and O–H groups in total. The minimum absolute atomic E-state index is 0.0708. The standard InChI is InChI=1S/C38H36N2O2/c1-21-12-14-25-23(18-21)13-16-29-33(25)37(3,4)31(39(29)7)19-27-35(41)28(36(27)42)20-32-38(5,6)34-26-11-9-10-22(2)24(26)15-17-30(34)40(32)8/h9-20H,1-8H3/p+1. The number of hydrogen-bond acceptors (Lipinski definition) is 3. The van der Waals surface area contributed by atoms with Crippen molar-refractivity contribution in [3.8, 4) is 0 Å². The van der Waals surface area contributed by atoms with Crippen molar-refractivity contribution in [3.05, 3.63) is 118 Å². The van der Waals surface area contributed by atoms with Gasteiger partial charge < -0.3 is 10.0 Å². The van der Waals surface area contributed by atoms with Crippen molar-refractivity contribution < 1.29 is 14.5 Å². The Morgan fingerprint density at radius 1 is 0.833 bits per heavy atom. The van der Waals surface area contributed by atoms with Gasteiger partial charge in [0.2, 0.25) is 11.5 Å². The summed E-state index contributed by atoms with van der Waals surface area (Å²) in [6, 6.07) is 21.7. The topological polar surface area (TPSA) is 43.5 Å². The molecule has 4 nitrogen and oxygen atoms in total. The summed E-state index contributed by atoms with van der Waals surface area (Å²) in [7, 11) is 4.10. The first-order chi connectivity index (χ1) is 19.8. The Morgan fingerprint density at radius 3 is 2.31 bits per heavy atom. The van der Waals surface area contributed by atoms with E-state index in [0.717, 1.165) is 22.8 Å². The maximum absolute atomic E-state index is 13.7. The molecule has 0 saturated heterocycles. The van der Waals surface area contributed by atoms with Crippen LogP contribution >= 0.6 is 0 Å². The highest BCUT2D eigenvalue weighted by molar-refractivity contribution is 6.24. The van der Waals surface area contributed by atoms with E-state index in [-0.39, 0.29) is 22.4 Å². The number of benzene rings is 4. The van der Waals surface area contributed by atoms with Gasteiger partial charge in [0.1, 0.15) is 12.8 Å². The van der Waals surface area contributed by atoms with Gasteiger partial charge in [-0.3, -0.25) is 4.79 Å². The number of likely N-dealkylation sites (N-methyl/N-ethyl adjacent to an activating group) is 1. The number of carbonyl (C=O) groups excluding carboxylic acids is 1. The fourth-order valence-corrected chi connectivity index (χ4v) is 7.71. The molecule has 0 amide bonds. The lowest BCUT2D eigenvalue weighted by molar-refractivity contribution is -0.401. The van der Waals surface area contributed by atoms with Crippen molar-refractivity contribution in [2.75, 3.05) is 19.0 Å². The Hall–Kier alpha value is -4.44. The van der Waals surface area contributed by atoms with E-state index in [1.807, 2.05) is 26.2 Å². The first-order valence-corrected chi connectivity index (χ1v) is 14.7. The van der Waals surface area contributed by atoms with Gasteiger partial charge in [0.15, 0.2) is 5.71 Å². The molecule has 0 radical (unpaired) electrons. The third-order valence-electron chi connectivity index (χ3n) is 9.95. The van der Waals surface area contributed by atoms with E-state index in [9.17, 15) is 9.90 Å². The zero-order valence-electron chi connectivity index (χ0n) is 25.7. The van der Waals surface area contributed by atoms with Crippen LogP contribution in [0.25, 0.3) is 21.5 Å². The molecular weight excluding hydrogens is 516 g/mol. The maximum atomic E-state index is 13.7. The fraction of sp³-hybridized carbons (Fsp3) is 0.263. The maximum Gasteiger partial charge on any atom is 0.210 e. The van der Waals surface area contributed by atoms with Gasteiger partial charge in [-0.2, -0.15) is 4.58 Å². The van der Waals surface area contributed by atoms with Crippen LogP contribution in [0.5, 0.6) is 0 Å². The summed E-state index contributed by atoms with van der Waals surface area (Å²) in [4.78, 5) is 15.8. The number of carbonyl (C=O) groups is 1. The monoisotopic (exact) mass is 553 g/mol. The zero-order valence-corrected chi connectivity index (χ0v) is 25.7. The van der Waals surface area contributed by atoms with Crippen LogP contribution in [0, 0.1) is 13.8 Å². The second kappa shape index (κ2) is 8.54. The summed E-state index contributed by atoms with van der Waals surface area (Å²) >= 11 is 0. The summed E-state index contributed by atoms with van der Waals surface area (Å²) < 4.78 is 2.17. The van der Waals surface area contributed by atoms with Crippen molar-refractivity contribution >= 4 is 44.4 Å². The number of nitrogens with zero attached hydrogens (tertiary/aromatic N) is 2. The van der Waals surface area contributed by atoms with Crippen molar-refractivity contribution in [1.82, 2.24) is 0 Å². The molecule has 2 heterocycles. The highest BCUT2D eigenvalue weighted by atomic mass is 16.3. The van der Waals surface area contributed by atoms with E-state index in [2.05, 4.69) is 112 Å². The summed E-state index contributed by atoms with van der Waals surface area (Å²) in [5.74, 6) is -0.0458. The van der Waals surface area contributed by atoms with Gasteiger partial charge in [-0.15, -0.1) is 0 Å². The quantitative estimate of drug-likeness (QED) is 0.201. The fourth-order valence-electron chi connectivity index (χ4n) is 7.71. The Balaban J connectivity index is 1.30. The molecule has 210 valence electrons. The number of allylic oxidation sites excluding steroid dienone is 5. The number of aliphatic hydroxyl groups is 1. The van der Waals surface area contributed by atoms with Gasteiger partial charge in [0.25, 0.3) is 0 Å². The van der Waals surface area contributed by atoms with Gasteiger partial charge in [-0.1, -0.05) is 61.9 Å². The molecule has 0 aromatic heterocycles. The molecule has 4 aromatic rings. The molecule has 42 heavy (non-hydrogen) atoms. The minimum atomic E-state index is -0.339. The molecule has 4 aromatic carbocycles. The number of aliphatic hydroxyl groups excluding tert-OH is 1. The number of rotatable bonds is 2. The molecule has 4 heteroatoms. The van der Waals surface area contributed by atoms with Crippen molar-refractivity contribution in [2.24, 2.45) is 0 Å². The van der Waals surface area contributed by atoms with Gasteiger partial charge >= 0.3 is 0 Å². The van der Waals surface area contributed by atoms with Gasteiger partial charge in [0.05, 0.1) is 16.6 Å². The Kier molecular flexibility index (Phi) is 5.38. The highest BCUT2D eigenvalue weighted by Crippen LogP contribution is 2.51. The van der Waals surface area contributed by atoms with Gasteiger partial charge in [-0.25, -0.2) is 0 Å². The first kappa shape index (κ1) is 26.5. The lowest BCUT2D eigenvalue weighted by Crippen LogP contribution is -2.31. The van der Waals surface area contributed by atoms with Crippen LogP contribution in [0.4, 0.5) is 11.4 Å². The molecule has 1 aliphatic carbocycles. The number of hydrogen-bond donors (Lipinski definition) is 1. The number of aryl methyl sites for hydroxylation is 2. The zero-order chi connectivity index (χ0) is 29.9. The molecule has 0 saturated carbocycles. The van der Waals surface area contributed by atoms with Crippen LogP contribution in [0.2, 0.25) is 0 Å². The minimum Gasteiger partial charge on any atom is -0.506 e. The largest absolute Gasteiger partial charge is 0.506 e. The molecule has 3 aliphatic rings. The van der Waals surface area contributed by atoms with E-state index in [1.54, 1.807) is 0 Å². The predicted molar refractivity (Wildman–Crippen MR) is 174 cm³/mol. The lowest BCUT2D eigenvalue weighted by atomic mass is 9.76. The average molecular weight is 554 g/mol. The average Bonchev–Trinajstić information content (AvgIpc) is 3.27. The Labute approximate surface area is 247 Å². The van der Waals surface area contributed by atoms with Crippen LogP contribution in [0.15, 0.2) is 95.4 Å². The SMILES string of the molecule is Cc1ccc2c3c(ccc2c1)N(C)C(=CC1=C(O)C(=CC2=[N+](C)c4ccc5c(C)cccc5c4C2(C)C)C1=O)C3(C)C. The summed E-state index contributed by atoms with van der Waals surface area (Å²) in [5.41, 5.74) is 9.33. The summed E-state index contributed by atoms with van der Waals surface area (Å²) in [5, 5.41) is 16.2.